The van der Waals surface area contributed by atoms with E-state index in [0.717, 1.165) is 18.9 Å². The van der Waals surface area contributed by atoms with Gasteiger partial charge in [-0.1, -0.05) is 32.1 Å². The standard InChI is InChI=1S/C14H27NO2/c1-2-15(11-6-12-16)14(17)10-9-13-7-4-3-5-8-13/h13,16H,2-12H2,1H3. The molecule has 0 bridgehead atoms. The van der Waals surface area contributed by atoms with Crippen LogP contribution in [0, 0.1) is 5.92 Å². The van der Waals surface area contributed by atoms with Crippen molar-refractivity contribution in [2.45, 2.75) is 58.3 Å². The number of hydrogen-bond acceptors (Lipinski definition) is 2. The quantitative estimate of drug-likeness (QED) is 0.744. The lowest BCUT2D eigenvalue weighted by atomic mass is 9.86. The molecule has 0 saturated heterocycles. The Balaban J connectivity index is 2.21. The molecule has 1 N–H and O–H groups in total. The fourth-order valence-electron chi connectivity index (χ4n) is 2.68. The number of amides is 1. The molecule has 0 atom stereocenters. The first-order valence-corrected chi connectivity index (χ1v) is 7.16. The van der Waals surface area contributed by atoms with Gasteiger partial charge in [-0.15, -0.1) is 0 Å². The Morgan fingerprint density at radius 2 is 2.00 bits per heavy atom. The zero-order valence-corrected chi connectivity index (χ0v) is 11.2. The van der Waals surface area contributed by atoms with Gasteiger partial charge in [-0.05, 0) is 25.7 Å². The minimum atomic E-state index is 0.173. The number of carbonyl (C=O) groups is 1. The second kappa shape index (κ2) is 8.51. The van der Waals surface area contributed by atoms with E-state index < -0.39 is 0 Å². The molecule has 0 aliphatic heterocycles. The van der Waals surface area contributed by atoms with Crippen LogP contribution in [-0.4, -0.2) is 35.6 Å². The van der Waals surface area contributed by atoms with Crippen LogP contribution in [0.5, 0.6) is 0 Å². The van der Waals surface area contributed by atoms with Crippen molar-refractivity contribution in [3.63, 3.8) is 0 Å². The molecule has 17 heavy (non-hydrogen) atoms. The van der Waals surface area contributed by atoms with Gasteiger partial charge in [-0.3, -0.25) is 4.79 Å². The molecule has 0 unspecified atom stereocenters. The summed E-state index contributed by atoms with van der Waals surface area (Å²) in [7, 11) is 0. The van der Waals surface area contributed by atoms with Crippen LogP contribution >= 0.6 is 0 Å². The largest absolute Gasteiger partial charge is 0.396 e. The summed E-state index contributed by atoms with van der Waals surface area (Å²) in [5, 5.41) is 8.79. The van der Waals surface area contributed by atoms with Crippen molar-refractivity contribution >= 4 is 5.91 Å². The molecule has 100 valence electrons. The van der Waals surface area contributed by atoms with Crippen LogP contribution in [0.3, 0.4) is 0 Å². The molecule has 1 fully saturated rings. The molecule has 0 aromatic heterocycles. The van der Waals surface area contributed by atoms with E-state index in [0.29, 0.717) is 19.4 Å². The summed E-state index contributed by atoms with van der Waals surface area (Å²) in [6, 6.07) is 0. The Hall–Kier alpha value is -0.570. The molecule has 0 radical (unpaired) electrons. The van der Waals surface area contributed by atoms with Crippen LogP contribution in [0.15, 0.2) is 0 Å². The molecule has 3 heteroatoms. The van der Waals surface area contributed by atoms with Gasteiger partial charge >= 0.3 is 0 Å². The maximum Gasteiger partial charge on any atom is 0.222 e. The van der Waals surface area contributed by atoms with Gasteiger partial charge in [-0.2, -0.15) is 0 Å². The molecule has 0 aromatic rings. The van der Waals surface area contributed by atoms with Crippen LogP contribution in [0.25, 0.3) is 0 Å². The molecule has 3 nitrogen and oxygen atoms in total. The third-order valence-electron chi connectivity index (χ3n) is 3.81. The van der Waals surface area contributed by atoms with Crippen molar-refractivity contribution < 1.29 is 9.90 Å². The second-order valence-electron chi connectivity index (χ2n) is 5.09. The Morgan fingerprint density at radius 1 is 1.29 bits per heavy atom. The summed E-state index contributed by atoms with van der Waals surface area (Å²) in [6.07, 6.45) is 9.16. The smallest absolute Gasteiger partial charge is 0.222 e. The first kappa shape index (κ1) is 14.5. The van der Waals surface area contributed by atoms with Gasteiger partial charge in [0.05, 0.1) is 0 Å². The number of carbonyl (C=O) groups excluding carboxylic acids is 1. The van der Waals surface area contributed by atoms with Crippen molar-refractivity contribution in [2.24, 2.45) is 5.92 Å². The molecule has 0 spiro atoms. The summed E-state index contributed by atoms with van der Waals surface area (Å²) in [4.78, 5) is 13.8. The summed E-state index contributed by atoms with van der Waals surface area (Å²) in [5.41, 5.74) is 0. The van der Waals surface area contributed by atoms with E-state index in [4.69, 9.17) is 5.11 Å². The Morgan fingerprint density at radius 3 is 2.59 bits per heavy atom. The maximum atomic E-state index is 12.0. The normalized spacial score (nSPS) is 17.1. The van der Waals surface area contributed by atoms with Crippen LogP contribution in [0.4, 0.5) is 0 Å². The van der Waals surface area contributed by atoms with Gasteiger partial charge < -0.3 is 10.0 Å². The molecular weight excluding hydrogens is 214 g/mol. The lowest BCUT2D eigenvalue weighted by molar-refractivity contribution is -0.131. The highest BCUT2D eigenvalue weighted by atomic mass is 16.3. The zero-order valence-electron chi connectivity index (χ0n) is 11.2. The molecular formula is C14H27NO2. The SMILES string of the molecule is CCN(CCCO)C(=O)CCC1CCCCC1. The molecule has 1 saturated carbocycles. The second-order valence-corrected chi connectivity index (χ2v) is 5.09. The Labute approximate surface area is 105 Å². The molecule has 0 aromatic carbocycles. The molecule has 1 amide bonds. The van der Waals surface area contributed by atoms with Gasteiger partial charge in [0.2, 0.25) is 5.91 Å². The molecule has 1 aliphatic rings. The van der Waals surface area contributed by atoms with E-state index in [1.165, 1.54) is 32.1 Å². The number of aliphatic hydroxyl groups is 1. The van der Waals surface area contributed by atoms with Crippen molar-refractivity contribution in [3.05, 3.63) is 0 Å². The fraction of sp³-hybridized carbons (Fsp3) is 0.929. The highest BCUT2D eigenvalue weighted by molar-refractivity contribution is 5.76. The number of aliphatic hydroxyl groups excluding tert-OH is 1. The van der Waals surface area contributed by atoms with E-state index in [9.17, 15) is 4.79 Å². The van der Waals surface area contributed by atoms with Gasteiger partial charge in [0.15, 0.2) is 0 Å². The third kappa shape index (κ3) is 5.53. The topological polar surface area (TPSA) is 40.5 Å². The number of rotatable bonds is 7. The molecule has 1 aliphatic carbocycles. The van der Waals surface area contributed by atoms with Gasteiger partial charge in [0.1, 0.15) is 0 Å². The van der Waals surface area contributed by atoms with Crippen LogP contribution in [-0.2, 0) is 4.79 Å². The molecule has 0 heterocycles. The van der Waals surface area contributed by atoms with Crippen molar-refractivity contribution in [3.8, 4) is 0 Å². The third-order valence-corrected chi connectivity index (χ3v) is 3.81. The first-order valence-electron chi connectivity index (χ1n) is 7.16. The lowest BCUT2D eigenvalue weighted by Crippen LogP contribution is -2.32. The van der Waals surface area contributed by atoms with Crippen molar-refractivity contribution in [1.29, 1.82) is 0 Å². The van der Waals surface area contributed by atoms with Crippen molar-refractivity contribution in [2.75, 3.05) is 19.7 Å². The zero-order chi connectivity index (χ0) is 12.5. The summed E-state index contributed by atoms with van der Waals surface area (Å²) in [6.45, 7) is 3.66. The summed E-state index contributed by atoms with van der Waals surface area (Å²) >= 11 is 0. The summed E-state index contributed by atoms with van der Waals surface area (Å²) < 4.78 is 0. The van der Waals surface area contributed by atoms with Crippen molar-refractivity contribution in [1.82, 2.24) is 4.90 Å². The predicted octanol–water partition coefficient (Wildman–Crippen LogP) is 2.58. The Kier molecular flexibility index (Phi) is 7.25. The highest BCUT2D eigenvalue weighted by Gasteiger charge is 2.17. The monoisotopic (exact) mass is 241 g/mol. The van der Waals surface area contributed by atoms with E-state index >= 15 is 0 Å². The average molecular weight is 241 g/mol. The first-order chi connectivity index (χ1) is 8.27. The lowest BCUT2D eigenvalue weighted by Gasteiger charge is -2.24. The minimum absolute atomic E-state index is 0.173. The van der Waals surface area contributed by atoms with E-state index in [2.05, 4.69) is 0 Å². The van der Waals surface area contributed by atoms with Crippen LogP contribution in [0.1, 0.15) is 58.3 Å². The van der Waals surface area contributed by atoms with E-state index in [1.807, 2.05) is 11.8 Å². The molecule has 1 rings (SSSR count). The predicted molar refractivity (Wildman–Crippen MR) is 69.8 cm³/mol. The summed E-state index contributed by atoms with van der Waals surface area (Å²) in [5.74, 6) is 1.05. The van der Waals surface area contributed by atoms with E-state index in [1.54, 1.807) is 0 Å². The van der Waals surface area contributed by atoms with Gasteiger partial charge in [0.25, 0.3) is 0 Å². The van der Waals surface area contributed by atoms with Gasteiger partial charge in [-0.25, -0.2) is 0 Å². The number of hydrogen-bond donors (Lipinski definition) is 1. The minimum Gasteiger partial charge on any atom is -0.396 e. The van der Waals surface area contributed by atoms with Crippen LogP contribution in [0.2, 0.25) is 0 Å². The van der Waals surface area contributed by atoms with Crippen LogP contribution < -0.4 is 0 Å². The average Bonchev–Trinajstić information content (AvgIpc) is 2.38. The maximum absolute atomic E-state index is 12.0. The Bertz CT molecular complexity index is 212. The highest BCUT2D eigenvalue weighted by Crippen LogP contribution is 2.27. The fourth-order valence-corrected chi connectivity index (χ4v) is 2.68. The number of nitrogens with zero attached hydrogens (tertiary/aromatic N) is 1. The van der Waals surface area contributed by atoms with Gasteiger partial charge in [0, 0.05) is 26.1 Å². The van der Waals surface area contributed by atoms with E-state index in [-0.39, 0.29) is 12.5 Å².